The molecule has 0 aliphatic heterocycles. The summed E-state index contributed by atoms with van der Waals surface area (Å²) in [4.78, 5) is 5.75. The van der Waals surface area contributed by atoms with Crippen LogP contribution in [0.15, 0.2) is 40.7 Å². The van der Waals surface area contributed by atoms with Gasteiger partial charge in [-0.3, -0.25) is 4.99 Å². The smallest absolute Gasteiger partial charge is 0.188 e. The molecule has 130 valence electrons. The van der Waals surface area contributed by atoms with Gasteiger partial charge < -0.3 is 20.5 Å². The largest absolute Gasteiger partial charge is 0.493 e. The van der Waals surface area contributed by atoms with Crippen molar-refractivity contribution in [2.24, 2.45) is 10.7 Å². The van der Waals surface area contributed by atoms with Gasteiger partial charge >= 0.3 is 0 Å². The minimum atomic E-state index is 0.385. The zero-order valence-electron chi connectivity index (χ0n) is 14.4. The molecular weight excluding hydrogens is 322 g/mol. The van der Waals surface area contributed by atoms with Crippen LogP contribution in [0.5, 0.6) is 11.5 Å². The molecule has 1 atom stereocenters. The van der Waals surface area contributed by atoms with Crippen LogP contribution in [0.4, 0.5) is 0 Å². The van der Waals surface area contributed by atoms with E-state index < -0.39 is 0 Å². The number of ether oxygens (including phenoxy) is 2. The fourth-order valence-corrected chi connectivity index (χ4v) is 3.10. The van der Waals surface area contributed by atoms with E-state index in [4.69, 9.17) is 15.2 Å². The molecule has 3 N–H and O–H groups in total. The molecule has 5 nitrogen and oxygen atoms in total. The third-order valence-corrected chi connectivity index (χ3v) is 4.84. The Labute approximate surface area is 147 Å². The van der Waals surface area contributed by atoms with Crippen LogP contribution in [0, 0.1) is 0 Å². The highest BCUT2D eigenvalue weighted by Crippen LogP contribution is 2.27. The molecule has 0 spiro atoms. The van der Waals surface area contributed by atoms with Gasteiger partial charge in [-0.2, -0.15) is 0 Å². The summed E-state index contributed by atoms with van der Waals surface area (Å²) in [6, 6.07) is 10.1. The van der Waals surface area contributed by atoms with E-state index in [9.17, 15) is 0 Å². The second kappa shape index (κ2) is 9.17. The molecule has 2 rings (SSSR count). The quantitative estimate of drug-likeness (QED) is 0.569. The second-order valence-electron chi connectivity index (χ2n) is 5.51. The molecule has 1 unspecified atom stereocenters. The summed E-state index contributed by atoms with van der Waals surface area (Å²) in [6.07, 6.45) is 0.830. The Morgan fingerprint density at radius 1 is 1.25 bits per heavy atom. The fraction of sp³-hybridized carbons (Fsp3) is 0.389. The molecule has 1 aromatic carbocycles. The van der Waals surface area contributed by atoms with Gasteiger partial charge in [0.05, 0.1) is 20.8 Å². The van der Waals surface area contributed by atoms with Crippen molar-refractivity contribution in [2.75, 3.05) is 27.3 Å². The minimum Gasteiger partial charge on any atom is -0.493 e. The molecule has 0 bridgehead atoms. The Morgan fingerprint density at radius 2 is 2.04 bits per heavy atom. The zero-order chi connectivity index (χ0) is 17.4. The Bertz CT molecular complexity index is 656. The number of rotatable bonds is 8. The van der Waals surface area contributed by atoms with Crippen LogP contribution < -0.4 is 20.5 Å². The molecule has 0 saturated carbocycles. The van der Waals surface area contributed by atoms with Gasteiger partial charge in [0.25, 0.3) is 0 Å². The lowest BCUT2D eigenvalue weighted by Gasteiger charge is -2.11. The first kappa shape index (κ1) is 18.1. The van der Waals surface area contributed by atoms with E-state index in [0.717, 1.165) is 30.0 Å². The standard InChI is InChI=1S/C18H25N3O2S/c1-13(17-5-4-10-24-17)12-21-18(19)20-9-8-14-6-7-15(22-2)16(11-14)23-3/h4-7,10-11,13H,8-9,12H2,1-3H3,(H3,19,20,21). The Balaban J connectivity index is 1.79. The summed E-state index contributed by atoms with van der Waals surface area (Å²) < 4.78 is 10.6. The van der Waals surface area contributed by atoms with Gasteiger partial charge in [0.2, 0.25) is 0 Å². The Kier molecular flexibility index (Phi) is 6.93. The number of hydrogen-bond donors (Lipinski definition) is 2. The van der Waals surface area contributed by atoms with Gasteiger partial charge in [-0.25, -0.2) is 0 Å². The van der Waals surface area contributed by atoms with Crippen molar-refractivity contribution in [2.45, 2.75) is 19.3 Å². The normalized spacial score (nSPS) is 12.7. The van der Waals surface area contributed by atoms with E-state index in [1.165, 1.54) is 4.88 Å². The lowest BCUT2D eigenvalue weighted by molar-refractivity contribution is 0.354. The zero-order valence-corrected chi connectivity index (χ0v) is 15.2. The average molecular weight is 347 g/mol. The first-order chi connectivity index (χ1) is 11.6. The lowest BCUT2D eigenvalue weighted by atomic mass is 10.1. The van der Waals surface area contributed by atoms with E-state index in [2.05, 4.69) is 34.7 Å². The molecule has 2 aromatic rings. The maximum atomic E-state index is 5.94. The first-order valence-corrected chi connectivity index (χ1v) is 8.80. The van der Waals surface area contributed by atoms with E-state index in [1.54, 1.807) is 25.6 Å². The second-order valence-corrected chi connectivity index (χ2v) is 6.49. The van der Waals surface area contributed by atoms with Crippen molar-refractivity contribution in [3.05, 3.63) is 46.2 Å². The molecule has 0 fully saturated rings. The van der Waals surface area contributed by atoms with Crippen molar-refractivity contribution in [1.82, 2.24) is 5.32 Å². The maximum Gasteiger partial charge on any atom is 0.188 e. The van der Waals surface area contributed by atoms with Crippen LogP contribution in [0.3, 0.4) is 0 Å². The Morgan fingerprint density at radius 3 is 2.71 bits per heavy atom. The lowest BCUT2D eigenvalue weighted by Crippen LogP contribution is -2.33. The third-order valence-electron chi connectivity index (χ3n) is 3.73. The van der Waals surface area contributed by atoms with Crippen molar-refractivity contribution in [1.29, 1.82) is 0 Å². The summed E-state index contributed by atoms with van der Waals surface area (Å²) in [5.74, 6) is 2.34. The van der Waals surface area contributed by atoms with E-state index in [1.807, 2.05) is 18.2 Å². The maximum absolute atomic E-state index is 5.94. The molecule has 0 radical (unpaired) electrons. The van der Waals surface area contributed by atoms with Crippen molar-refractivity contribution in [3.63, 3.8) is 0 Å². The van der Waals surface area contributed by atoms with Gasteiger partial charge in [-0.1, -0.05) is 19.1 Å². The number of nitrogens with one attached hydrogen (secondary N) is 1. The predicted molar refractivity (Wildman–Crippen MR) is 100 cm³/mol. The van der Waals surface area contributed by atoms with Crippen molar-refractivity contribution >= 4 is 17.3 Å². The topological polar surface area (TPSA) is 68.9 Å². The number of hydrogen-bond acceptors (Lipinski definition) is 4. The summed E-state index contributed by atoms with van der Waals surface area (Å²) in [5.41, 5.74) is 7.09. The van der Waals surface area contributed by atoms with E-state index in [0.29, 0.717) is 18.4 Å². The van der Waals surface area contributed by atoms with Crippen LogP contribution in [0.25, 0.3) is 0 Å². The Hall–Kier alpha value is -2.21. The molecule has 0 saturated heterocycles. The number of nitrogens with two attached hydrogens (primary N) is 1. The van der Waals surface area contributed by atoms with Gasteiger partial charge in [0, 0.05) is 17.3 Å². The van der Waals surface area contributed by atoms with Crippen LogP contribution in [0.1, 0.15) is 23.3 Å². The summed E-state index contributed by atoms with van der Waals surface area (Å²) in [7, 11) is 3.27. The van der Waals surface area contributed by atoms with Crippen molar-refractivity contribution in [3.8, 4) is 11.5 Å². The van der Waals surface area contributed by atoms with Gasteiger partial charge in [-0.15, -0.1) is 11.3 Å². The highest BCUT2D eigenvalue weighted by Gasteiger charge is 2.06. The van der Waals surface area contributed by atoms with Gasteiger partial charge in [0.1, 0.15) is 0 Å². The van der Waals surface area contributed by atoms with Crippen LogP contribution >= 0.6 is 11.3 Å². The highest BCUT2D eigenvalue weighted by atomic mass is 32.1. The SMILES string of the molecule is COc1ccc(CCNC(N)=NCC(C)c2cccs2)cc1OC. The average Bonchev–Trinajstić information content (AvgIpc) is 3.14. The number of thiophene rings is 1. The fourth-order valence-electron chi connectivity index (χ4n) is 2.32. The molecule has 6 heteroatoms. The molecule has 0 aliphatic carbocycles. The molecule has 0 amide bonds. The number of nitrogens with zero attached hydrogens (tertiary/aromatic N) is 1. The first-order valence-electron chi connectivity index (χ1n) is 7.92. The molecule has 1 heterocycles. The highest BCUT2D eigenvalue weighted by molar-refractivity contribution is 7.10. The van der Waals surface area contributed by atoms with E-state index in [-0.39, 0.29) is 0 Å². The minimum absolute atomic E-state index is 0.385. The van der Waals surface area contributed by atoms with Gasteiger partial charge in [-0.05, 0) is 35.6 Å². The van der Waals surface area contributed by atoms with Crippen molar-refractivity contribution < 1.29 is 9.47 Å². The predicted octanol–water partition coefficient (Wildman–Crippen LogP) is 3.02. The summed E-state index contributed by atoms with van der Waals surface area (Å²) >= 11 is 1.75. The van der Waals surface area contributed by atoms with Crippen LogP contribution in [-0.2, 0) is 6.42 Å². The number of methoxy groups -OCH3 is 2. The number of aliphatic imine (C=N–C) groups is 1. The molecule has 0 aliphatic rings. The third kappa shape index (κ3) is 5.16. The monoisotopic (exact) mass is 347 g/mol. The number of guanidine groups is 1. The molecule has 24 heavy (non-hydrogen) atoms. The van der Waals surface area contributed by atoms with Gasteiger partial charge in [0.15, 0.2) is 17.5 Å². The van der Waals surface area contributed by atoms with Crippen LogP contribution in [-0.4, -0.2) is 33.3 Å². The molecule has 1 aromatic heterocycles. The van der Waals surface area contributed by atoms with Crippen LogP contribution in [0.2, 0.25) is 0 Å². The summed E-state index contributed by atoms with van der Waals surface area (Å²) in [6.45, 7) is 3.57. The summed E-state index contributed by atoms with van der Waals surface area (Å²) in [5, 5.41) is 5.24. The van der Waals surface area contributed by atoms with E-state index >= 15 is 0 Å². The number of benzene rings is 1. The molecular formula is C18H25N3O2S.